The number of nitriles is 1. The predicted molar refractivity (Wildman–Crippen MR) is 42.6 cm³/mol. The molecule has 3 nitrogen and oxygen atoms in total. The van der Waals surface area contributed by atoms with Crippen molar-refractivity contribution in [3.8, 4) is 6.07 Å². The first kappa shape index (κ1) is 9.70. The maximum atomic E-state index is 10.4. The van der Waals surface area contributed by atoms with Crippen LogP contribution in [0.25, 0.3) is 0 Å². The molecule has 0 rings (SSSR count). The minimum Gasteiger partial charge on any atom is -0.387 e. The Labute approximate surface area is 66.7 Å². The molecular weight excluding hydrogens is 140 g/mol. The Morgan fingerprint density at radius 2 is 2.45 bits per heavy atom. The average molecular weight is 152 g/mol. The highest BCUT2D eigenvalue weighted by Gasteiger charge is 1.94. The normalized spacial score (nSPS) is 12.5. The van der Waals surface area contributed by atoms with Crippen molar-refractivity contribution < 1.29 is 4.79 Å². The highest BCUT2D eigenvalue weighted by molar-refractivity contribution is 5.87. The standard InChI is InChI=1S/C8H12N2O/c1-7(3-5-9)10-6-4-8(2)11/h4,6-7,10H,3H2,1-2H3. The van der Waals surface area contributed by atoms with E-state index in [2.05, 4.69) is 5.32 Å². The van der Waals surface area contributed by atoms with E-state index in [1.165, 1.54) is 13.0 Å². The van der Waals surface area contributed by atoms with Crippen LogP contribution in [0.2, 0.25) is 0 Å². The van der Waals surface area contributed by atoms with Gasteiger partial charge in [0.2, 0.25) is 0 Å². The second-order valence-corrected chi connectivity index (χ2v) is 2.37. The first-order valence-electron chi connectivity index (χ1n) is 3.47. The number of carbonyl (C=O) groups is 1. The van der Waals surface area contributed by atoms with Crippen molar-refractivity contribution >= 4 is 5.78 Å². The van der Waals surface area contributed by atoms with Crippen LogP contribution in [-0.2, 0) is 4.79 Å². The third kappa shape index (κ3) is 6.59. The highest BCUT2D eigenvalue weighted by atomic mass is 16.1. The molecule has 0 aliphatic rings. The van der Waals surface area contributed by atoms with E-state index < -0.39 is 0 Å². The monoisotopic (exact) mass is 152 g/mol. The Morgan fingerprint density at radius 3 is 2.91 bits per heavy atom. The van der Waals surface area contributed by atoms with E-state index >= 15 is 0 Å². The number of allylic oxidation sites excluding steroid dienone is 1. The summed E-state index contributed by atoms with van der Waals surface area (Å²) in [6, 6.07) is 2.13. The molecule has 3 heteroatoms. The first-order valence-corrected chi connectivity index (χ1v) is 3.47. The molecule has 0 heterocycles. The lowest BCUT2D eigenvalue weighted by atomic mass is 10.2. The molecule has 60 valence electrons. The molecule has 11 heavy (non-hydrogen) atoms. The van der Waals surface area contributed by atoms with Gasteiger partial charge in [0.25, 0.3) is 0 Å². The molecule has 0 aromatic heterocycles. The minimum absolute atomic E-state index is 0.00153. The summed E-state index contributed by atoms with van der Waals surface area (Å²) in [6.07, 6.45) is 3.46. The third-order valence-electron chi connectivity index (χ3n) is 1.10. The van der Waals surface area contributed by atoms with Crippen molar-refractivity contribution in [1.29, 1.82) is 5.26 Å². The summed E-state index contributed by atoms with van der Waals surface area (Å²) >= 11 is 0. The van der Waals surface area contributed by atoms with Crippen molar-refractivity contribution in [2.75, 3.05) is 0 Å². The van der Waals surface area contributed by atoms with Gasteiger partial charge < -0.3 is 5.32 Å². The number of rotatable bonds is 4. The second-order valence-electron chi connectivity index (χ2n) is 2.37. The van der Waals surface area contributed by atoms with Gasteiger partial charge in [0.05, 0.1) is 12.5 Å². The second kappa shape index (κ2) is 5.48. The molecule has 0 amide bonds. The summed E-state index contributed by atoms with van der Waals surface area (Å²) in [4.78, 5) is 10.4. The van der Waals surface area contributed by atoms with Crippen LogP contribution in [0.4, 0.5) is 0 Å². The van der Waals surface area contributed by atoms with E-state index in [-0.39, 0.29) is 11.8 Å². The Hall–Kier alpha value is -1.30. The maximum absolute atomic E-state index is 10.4. The lowest BCUT2D eigenvalue weighted by molar-refractivity contribution is -0.112. The molecule has 0 aromatic carbocycles. The Morgan fingerprint density at radius 1 is 1.82 bits per heavy atom. The first-order chi connectivity index (χ1) is 5.16. The molecule has 0 spiro atoms. The summed E-state index contributed by atoms with van der Waals surface area (Å²) in [5.74, 6) is 0.00153. The van der Waals surface area contributed by atoms with E-state index in [9.17, 15) is 4.79 Å². The fraction of sp³-hybridized carbons (Fsp3) is 0.500. The van der Waals surface area contributed by atoms with E-state index in [1.807, 2.05) is 13.0 Å². The van der Waals surface area contributed by atoms with Crippen LogP contribution in [0.1, 0.15) is 20.3 Å². The lowest BCUT2D eigenvalue weighted by Gasteiger charge is -2.04. The van der Waals surface area contributed by atoms with Crippen molar-refractivity contribution in [1.82, 2.24) is 5.32 Å². The zero-order valence-electron chi connectivity index (χ0n) is 6.79. The van der Waals surface area contributed by atoms with Crippen LogP contribution < -0.4 is 5.32 Å². The molecule has 0 fully saturated rings. The van der Waals surface area contributed by atoms with Crippen LogP contribution >= 0.6 is 0 Å². The minimum atomic E-state index is 0.00153. The number of nitrogens with zero attached hydrogens (tertiary/aromatic N) is 1. The van der Waals surface area contributed by atoms with Gasteiger partial charge in [0.1, 0.15) is 0 Å². The molecule has 0 saturated heterocycles. The van der Waals surface area contributed by atoms with Crippen LogP contribution in [0.3, 0.4) is 0 Å². The van der Waals surface area contributed by atoms with Gasteiger partial charge in [-0.25, -0.2) is 0 Å². The Kier molecular flexibility index (Phi) is 4.83. The van der Waals surface area contributed by atoms with E-state index in [0.717, 1.165) is 0 Å². The zero-order valence-corrected chi connectivity index (χ0v) is 6.79. The summed E-state index contributed by atoms with van der Waals surface area (Å²) in [7, 11) is 0. The number of nitrogens with one attached hydrogen (secondary N) is 1. The molecule has 0 radical (unpaired) electrons. The third-order valence-corrected chi connectivity index (χ3v) is 1.10. The van der Waals surface area contributed by atoms with Crippen molar-refractivity contribution in [2.24, 2.45) is 0 Å². The fourth-order valence-corrected chi connectivity index (χ4v) is 0.526. The predicted octanol–water partition coefficient (Wildman–Crippen LogP) is 0.981. The van der Waals surface area contributed by atoms with E-state index in [0.29, 0.717) is 6.42 Å². The zero-order chi connectivity index (χ0) is 8.69. The van der Waals surface area contributed by atoms with Gasteiger partial charge in [-0.3, -0.25) is 4.79 Å². The number of ketones is 1. The molecule has 0 aliphatic heterocycles. The Bertz CT molecular complexity index is 191. The van der Waals surface area contributed by atoms with Gasteiger partial charge >= 0.3 is 0 Å². The summed E-state index contributed by atoms with van der Waals surface area (Å²) in [6.45, 7) is 3.36. The van der Waals surface area contributed by atoms with Gasteiger partial charge in [-0.05, 0) is 19.9 Å². The molecule has 0 saturated carbocycles. The highest BCUT2D eigenvalue weighted by Crippen LogP contribution is 1.86. The van der Waals surface area contributed by atoms with Crippen molar-refractivity contribution in [3.05, 3.63) is 12.3 Å². The number of hydrogen-bond donors (Lipinski definition) is 1. The van der Waals surface area contributed by atoms with Gasteiger partial charge in [-0.2, -0.15) is 5.26 Å². The van der Waals surface area contributed by atoms with E-state index in [1.54, 1.807) is 6.20 Å². The van der Waals surface area contributed by atoms with Crippen molar-refractivity contribution in [2.45, 2.75) is 26.3 Å². The van der Waals surface area contributed by atoms with E-state index in [4.69, 9.17) is 5.26 Å². The summed E-state index contributed by atoms with van der Waals surface area (Å²) in [5, 5.41) is 11.2. The van der Waals surface area contributed by atoms with Crippen LogP contribution in [0.5, 0.6) is 0 Å². The molecule has 0 aliphatic carbocycles. The van der Waals surface area contributed by atoms with Gasteiger partial charge in [-0.1, -0.05) is 0 Å². The largest absolute Gasteiger partial charge is 0.387 e. The van der Waals surface area contributed by atoms with Crippen molar-refractivity contribution in [3.63, 3.8) is 0 Å². The quantitative estimate of drug-likeness (QED) is 0.611. The molecular formula is C8H12N2O. The van der Waals surface area contributed by atoms with Crippen LogP contribution in [0.15, 0.2) is 12.3 Å². The molecule has 1 atom stereocenters. The van der Waals surface area contributed by atoms with Gasteiger partial charge in [0.15, 0.2) is 5.78 Å². The SMILES string of the molecule is CC(=O)C=CNC(C)CC#N. The fourth-order valence-electron chi connectivity index (χ4n) is 0.526. The lowest BCUT2D eigenvalue weighted by Crippen LogP contribution is -2.19. The number of hydrogen-bond acceptors (Lipinski definition) is 3. The molecule has 1 N–H and O–H groups in total. The molecule has 1 unspecified atom stereocenters. The Balaban J connectivity index is 3.54. The molecule has 0 bridgehead atoms. The van der Waals surface area contributed by atoms with Crippen LogP contribution in [0, 0.1) is 11.3 Å². The number of carbonyl (C=O) groups excluding carboxylic acids is 1. The average Bonchev–Trinajstić information content (AvgIpc) is 1.87. The summed E-state index contributed by atoms with van der Waals surface area (Å²) < 4.78 is 0. The smallest absolute Gasteiger partial charge is 0.154 e. The summed E-state index contributed by atoms with van der Waals surface area (Å²) in [5.41, 5.74) is 0. The van der Waals surface area contributed by atoms with Gasteiger partial charge in [-0.15, -0.1) is 0 Å². The van der Waals surface area contributed by atoms with Crippen LogP contribution in [-0.4, -0.2) is 11.8 Å². The molecule has 0 aromatic rings. The van der Waals surface area contributed by atoms with Gasteiger partial charge in [0, 0.05) is 12.2 Å². The maximum Gasteiger partial charge on any atom is 0.154 e. The topological polar surface area (TPSA) is 52.9 Å².